The molecule has 17 heavy (non-hydrogen) atoms. The maximum absolute atomic E-state index is 12.2. The summed E-state index contributed by atoms with van der Waals surface area (Å²) in [4.78, 5) is 0. The molecule has 0 unspecified atom stereocenters. The third-order valence-electron chi connectivity index (χ3n) is 2.14. The van der Waals surface area contributed by atoms with Gasteiger partial charge in [0, 0.05) is 5.88 Å². The Bertz CT molecular complexity index is 345. The van der Waals surface area contributed by atoms with Crippen LogP contribution < -0.4 is 9.47 Å². The fourth-order valence-corrected chi connectivity index (χ4v) is 1.61. The van der Waals surface area contributed by atoms with Crippen LogP contribution in [0.4, 0.5) is 8.78 Å². The van der Waals surface area contributed by atoms with Crippen molar-refractivity contribution in [2.45, 2.75) is 26.4 Å². The van der Waals surface area contributed by atoms with Gasteiger partial charge < -0.3 is 9.47 Å². The van der Waals surface area contributed by atoms with E-state index in [-0.39, 0.29) is 5.75 Å². The highest BCUT2D eigenvalue weighted by Gasteiger charge is 2.10. The normalized spacial score (nSPS) is 10.6. The van der Waals surface area contributed by atoms with Crippen LogP contribution >= 0.6 is 11.6 Å². The largest absolute Gasteiger partial charge is 0.494 e. The summed E-state index contributed by atoms with van der Waals surface area (Å²) in [6, 6.07) is 4.83. The van der Waals surface area contributed by atoms with E-state index in [1.165, 1.54) is 6.07 Å². The monoisotopic (exact) mass is 264 g/mol. The van der Waals surface area contributed by atoms with Crippen LogP contribution in [0, 0.1) is 0 Å². The number of ether oxygens (including phenoxy) is 2. The van der Waals surface area contributed by atoms with Gasteiger partial charge in [0.15, 0.2) is 0 Å². The lowest BCUT2D eigenvalue weighted by Gasteiger charge is -2.12. The molecule has 1 aromatic rings. The Morgan fingerprint density at radius 3 is 2.71 bits per heavy atom. The third-order valence-corrected chi connectivity index (χ3v) is 2.41. The first-order valence-corrected chi connectivity index (χ1v) is 5.97. The summed E-state index contributed by atoms with van der Waals surface area (Å²) < 4.78 is 34.1. The Labute approximate surface area is 104 Å². The van der Waals surface area contributed by atoms with Crippen molar-refractivity contribution in [3.05, 3.63) is 23.8 Å². The van der Waals surface area contributed by atoms with Crippen LogP contribution in [0.1, 0.15) is 18.9 Å². The van der Waals surface area contributed by atoms with E-state index >= 15 is 0 Å². The molecule has 0 bridgehead atoms. The first kappa shape index (κ1) is 14.0. The van der Waals surface area contributed by atoms with Gasteiger partial charge >= 0.3 is 6.61 Å². The van der Waals surface area contributed by atoms with Crippen molar-refractivity contribution in [3.8, 4) is 11.5 Å². The number of benzene rings is 1. The molecule has 0 aliphatic heterocycles. The van der Waals surface area contributed by atoms with Gasteiger partial charge in [-0.1, -0.05) is 0 Å². The van der Waals surface area contributed by atoms with E-state index in [9.17, 15) is 8.78 Å². The highest BCUT2D eigenvalue weighted by molar-refractivity contribution is 6.17. The molecule has 1 aromatic carbocycles. The lowest BCUT2D eigenvalue weighted by molar-refractivity contribution is -0.0504. The molecule has 2 nitrogen and oxygen atoms in total. The predicted octanol–water partition coefficient (Wildman–Crippen LogP) is 3.86. The number of rotatable bonds is 7. The summed E-state index contributed by atoms with van der Waals surface area (Å²) in [7, 11) is 0. The molecular weight excluding hydrogens is 250 g/mol. The summed E-state index contributed by atoms with van der Waals surface area (Å²) >= 11 is 5.59. The van der Waals surface area contributed by atoms with E-state index in [0.717, 1.165) is 0 Å². The van der Waals surface area contributed by atoms with E-state index < -0.39 is 6.61 Å². The minimum absolute atomic E-state index is 0.188. The SMILES string of the molecule is CCOc1ccc(OC(F)F)c(CCCCl)c1. The van der Waals surface area contributed by atoms with Crippen molar-refractivity contribution < 1.29 is 18.3 Å². The number of halogens is 3. The van der Waals surface area contributed by atoms with Crippen molar-refractivity contribution in [1.29, 1.82) is 0 Å². The van der Waals surface area contributed by atoms with E-state index in [4.69, 9.17) is 16.3 Å². The van der Waals surface area contributed by atoms with Gasteiger partial charge in [-0.3, -0.25) is 0 Å². The molecule has 0 N–H and O–H groups in total. The van der Waals surface area contributed by atoms with Crippen LogP contribution in [0.15, 0.2) is 18.2 Å². The fourth-order valence-electron chi connectivity index (χ4n) is 1.48. The molecular formula is C12H15ClF2O2. The smallest absolute Gasteiger partial charge is 0.387 e. The third kappa shape index (κ3) is 4.77. The maximum atomic E-state index is 12.2. The first-order valence-electron chi connectivity index (χ1n) is 5.44. The van der Waals surface area contributed by atoms with Crippen LogP contribution in [-0.4, -0.2) is 19.1 Å². The minimum atomic E-state index is -2.82. The Hall–Kier alpha value is -1.03. The van der Waals surface area contributed by atoms with E-state index in [1.54, 1.807) is 12.1 Å². The van der Waals surface area contributed by atoms with Gasteiger partial charge in [0.2, 0.25) is 0 Å². The second kappa shape index (κ2) is 7.33. The Morgan fingerprint density at radius 1 is 1.35 bits per heavy atom. The van der Waals surface area contributed by atoms with Gasteiger partial charge in [-0.05, 0) is 43.5 Å². The van der Waals surface area contributed by atoms with Gasteiger partial charge in [-0.2, -0.15) is 8.78 Å². The summed E-state index contributed by atoms with van der Waals surface area (Å²) in [5, 5.41) is 0. The summed E-state index contributed by atoms with van der Waals surface area (Å²) in [5.74, 6) is 1.32. The highest BCUT2D eigenvalue weighted by Crippen LogP contribution is 2.27. The molecule has 5 heteroatoms. The van der Waals surface area contributed by atoms with Gasteiger partial charge in [0.25, 0.3) is 0 Å². The standard InChI is InChI=1S/C12H15ClF2O2/c1-2-16-10-5-6-11(17-12(14)15)9(8-10)4-3-7-13/h5-6,8,12H,2-4,7H2,1H3. The molecule has 0 fully saturated rings. The van der Waals surface area contributed by atoms with Crippen LogP contribution in [0.5, 0.6) is 11.5 Å². The van der Waals surface area contributed by atoms with Gasteiger partial charge in [-0.15, -0.1) is 11.6 Å². The van der Waals surface area contributed by atoms with Crippen molar-refractivity contribution >= 4 is 11.6 Å². The number of aryl methyl sites for hydroxylation is 1. The molecule has 0 amide bonds. The van der Waals surface area contributed by atoms with Crippen LogP contribution in [0.3, 0.4) is 0 Å². The number of alkyl halides is 3. The van der Waals surface area contributed by atoms with Gasteiger partial charge in [0.05, 0.1) is 6.61 Å². The zero-order valence-electron chi connectivity index (χ0n) is 9.59. The van der Waals surface area contributed by atoms with Crippen LogP contribution in [0.2, 0.25) is 0 Å². The average Bonchev–Trinajstić information content (AvgIpc) is 2.29. The Kier molecular flexibility index (Phi) is 6.05. The lowest BCUT2D eigenvalue weighted by Crippen LogP contribution is -2.05. The van der Waals surface area contributed by atoms with Gasteiger partial charge in [-0.25, -0.2) is 0 Å². The summed E-state index contributed by atoms with van der Waals surface area (Å²) in [6.07, 6.45) is 1.29. The molecule has 1 rings (SSSR count). The van der Waals surface area contributed by atoms with Crippen molar-refractivity contribution in [2.24, 2.45) is 0 Å². The number of hydrogen-bond acceptors (Lipinski definition) is 2. The molecule has 0 aromatic heterocycles. The van der Waals surface area contributed by atoms with E-state index in [1.807, 2.05) is 6.92 Å². The molecule has 0 radical (unpaired) electrons. The zero-order valence-corrected chi connectivity index (χ0v) is 10.3. The molecule has 0 atom stereocenters. The molecule has 0 saturated heterocycles. The van der Waals surface area contributed by atoms with E-state index in [0.29, 0.717) is 36.6 Å². The lowest BCUT2D eigenvalue weighted by atomic mass is 10.1. The predicted molar refractivity (Wildman–Crippen MR) is 63.3 cm³/mol. The molecule has 0 heterocycles. The minimum Gasteiger partial charge on any atom is -0.494 e. The molecule has 0 aliphatic rings. The fraction of sp³-hybridized carbons (Fsp3) is 0.500. The maximum Gasteiger partial charge on any atom is 0.387 e. The molecule has 0 spiro atoms. The molecule has 96 valence electrons. The molecule has 0 aliphatic carbocycles. The number of hydrogen-bond donors (Lipinski definition) is 0. The summed E-state index contributed by atoms with van der Waals surface area (Å²) in [6.45, 7) is -0.422. The Balaban J connectivity index is 2.86. The first-order chi connectivity index (χ1) is 8.17. The van der Waals surface area contributed by atoms with Crippen molar-refractivity contribution in [1.82, 2.24) is 0 Å². The second-order valence-electron chi connectivity index (χ2n) is 3.37. The zero-order chi connectivity index (χ0) is 12.7. The molecule has 0 saturated carbocycles. The second-order valence-corrected chi connectivity index (χ2v) is 3.75. The van der Waals surface area contributed by atoms with Crippen molar-refractivity contribution in [2.75, 3.05) is 12.5 Å². The topological polar surface area (TPSA) is 18.5 Å². The van der Waals surface area contributed by atoms with Crippen molar-refractivity contribution in [3.63, 3.8) is 0 Å². The van der Waals surface area contributed by atoms with E-state index in [2.05, 4.69) is 4.74 Å². The van der Waals surface area contributed by atoms with Crippen LogP contribution in [-0.2, 0) is 6.42 Å². The summed E-state index contributed by atoms with van der Waals surface area (Å²) in [5.41, 5.74) is 0.692. The van der Waals surface area contributed by atoms with Crippen LogP contribution in [0.25, 0.3) is 0 Å². The van der Waals surface area contributed by atoms with Gasteiger partial charge in [0.1, 0.15) is 11.5 Å². The quantitative estimate of drug-likeness (QED) is 0.696. The Morgan fingerprint density at radius 2 is 2.12 bits per heavy atom. The highest BCUT2D eigenvalue weighted by atomic mass is 35.5. The average molecular weight is 265 g/mol.